The van der Waals surface area contributed by atoms with Gasteiger partial charge in [0.1, 0.15) is 0 Å². The first kappa shape index (κ1) is 9.58. The largest absolute Gasteiger partial charge is 0.545 e. The highest BCUT2D eigenvalue weighted by molar-refractivity contribution is 5.86. The van der Waals surface area contributed by atoms with Crippen LogP contribution >= 0.6 is 0 Å². The van der Waals surface area contributed by atoms with Crippen LogP contribution in [-0.2, 0) is 0 Å². The lowest BCUT2D eigenvalue weighted by Gasteiger charge is -2.10. The molecule has 0 aliphatic rings. The number of anilines is 1. The van der Waals surface area contributed by atoms with Gasteiger partial charge in [-0.25, -0.2) is 0 Å². The summed E-state index contributed by atoms with van der Waals surface area (Å²) in [6.07, 6.45) is 0. The summed E-state index contributed by atoms with van der Waals surface area (Å²) in [5.74, 6) is -1.14. The second-order valence-corrected chi connectivity index (χ2v) is 3.16. The van der Waals surface area contributed by atoms with Crippen LogP contribution in [0.25, 0.3) is 0 Å². The van der Waals surface area contributed by atoms with E-state index in [9.17, 15) is 9.90 Å². The van der Waals surface area contributed by atoms with Crippen molar-refractivity contribution < 1.29 is 9.90 Å². The van der Waals surface area contributed by atoms with Crippen molar-refractivity contribution in [3.05, 3.63) is 29.8 Å². The number of aromatic carboxylic acids is 1. The van der Waals surface area contributed by atoms with Crippen molar-refractivity contribution in [1.29, 1.82) is 0 Å². The fourth-order valence-corrected chi connectivity index (χ4v) is 1.04. The highest BCUT2D eigenvalue weighted by Crippen LogP contribution is 2.09. The zero-order valence-electron chi connectivity index (χ0n) is 7.70. The molecule has 0 bridgehead atoms. The summed E-state index contributed by atoms with van der Waals surface area (Å²) < 4.78 is 0. The second-order valence-electron chi connectivity index (χ2n) is 3.16. The number of carbonyl (C=O) groups is 1. The molecule has 0 aliphatic heterocycles. The Balaban J connectivity index is 2.75. The number of hydrogen-bond donors (Lipinski definition) is 1. The van der Waals surface area contributed by atoms with Crippen LogP contribution in [0.1, 0.15) is 24.2 Å². The molecule has 3 nitrogen and oxygen atoms in total. The van der Waals surface area contributed by atoms with Crippen molar-refractivity contribution in [2.45, 2.75) is 19.9 Å². The molecule has 0 radical (unpaired) electrons. The van der Waals surface area contributed by atoms with Gasteiger partial charge in [-0.2, -0.15) is 0 Å². The first-order valence-corrected chi connectivity index (χ1v) is 4.17. The van der Waals surface area contributed by atoms with Gasteiger partial charge in [0.25, 0.3) is 0 Å². The van der Waals surface area contributed by atoms with Gasteiger partial charge in [-0.05, 0) is 31.5 Å². The van der Waals surface area contributed by atoms with Crippen LogP contribution in [-0.4, -0.2) is 12.0 Å². The van der Waals surface area contributed by atoms with Crippen LogP contribution in [0.3, 0.4) is 0 Å². The Morgan fingerprint density at radius 2 is 1.85 bits per heavy atom. The Kier molecular flexibility index (Phi) is 2.90. The number of rotatable bonds is 3. The van der Waals surface area contributed by atoms with Gasteiger partial charge in [0.05, 0.1) is 5.97 Å². The van der Waals surface area contributed by atoms with E-state index in [1.807, 2.05) is 13.8 Å². The van der Waals surface area contributed by atoms with Crippen LogP contribution in [0.5, 0.6) is 0 Å². The van der Waals surface area contributed by atoms with Crippen LogP contribution in [0.15, 0.2) is 24.3 Å². The van der Waals surface area contributed by atoms with E-state index in [-0.39, 0.29) is 5.56 Å². The number of nitrogens with one attached hydrogen (secondary N) is 1. The van der Waals surface area contributed by atoms with Crippen LogP contribution in [0.4, 0.5) is 5.69 Å². The summed E-state index contributed by atoms with van der Waals surface area (Å²) in [7, 11) is 0. The Morgan fingerprint density at radius 1 is 1.31 bits per heavy atom. The number of carbonyl (C=O) groups excluding carboxylic acids is 1. The maximum Gasteiger partial charge on any atom is 0.0715 e. The third-order valence-electron chi connectivity index (χ3n) is 1.58. The monoisotopic (exact) mass is 178 g/mol. The molecule has 0 aliphatic carbocycles. The number of carboxylic acid groups (broad SMARTS) is 1. The average molecular weight is 178 g/mol. The predicted octanol–water partition coefficient (Wildman–Crippen LogP) is 0.870. The van der Waals surface area contributed by atoms with Gasteiger partial charge in [-0.1, -0.05) is 12.1 Å². The summed E-state index contributed by atoms with van der Waals surface area (Å²) in [5.41, 5.74) is 1.12. The summed E-state index contributed by atoms with van der Waals surface area (Å²) in [6, 6.07) is 6.85. The zero-order chi connectivity index (χ0) is 9.84. The molecule has 0 aromatic heterocycles. The Morgan fingerprint density at radius 3 is 2.23 bits per heavy atom. The summed E-state index contributed by atoms with van der Waals surface area (Å²) >= 11 is 0. The van der Waals surface area contributed by atoms with Crippen molar-refractivity contribution in [2.24, 2.45) is 0 Å². The third-order valence-corrected chi connectivity index (χ3v) is 1.58. The van der Waals surface area contributed by atoms with Gasteiger partial charge in [-0.15, -0.1) is 0 Å². The molecule has 13 heavy (non-hydrogen) atoms. The summed E-state index contributed by atoms with van der Waals surface area (Å²) in [5, 5.41) is 13.6. The molecular formula is C10H12NO2-. The number of hydrogen-bond acceptors (Lipinski definition) is 3. The molecule has 3 heteroatoms. The second kappa shape index (κ2) is 3.94. The minimum Gasteiger partial charge on any atom is -0.545 e. The van der Waals surface area contributed by atoms with Gasteiger partial charge in [0, 0.05) is 11.7 Å². The van der Waals surface area contributed by atoms with Crippen molar-refractivity contribution in [3.8, 4) is 0 Å². The Bertz CT molecular complexity index is 290. The third kappa shape index (κ3) is 2.78. The Labute approximate surface area is 77.4 Å². The summed E-state index contributed by atoms with van der Waals surface area (Å²) in [4.78, 5) is 10.4. The van der Waals surface area contributed by atoms with Gasteiger partial charge in [-0.3, -0.25) is 0 Å². The Hall–Kier alpha value is -1.51. The smallest absolute Gasteiger partial charge is 0.0715 e. The lowest BCUT2D eigenvalue weighted by atomic mass is 10.2. The molecule has 1 aromatic rings. The van der Waals surface area contributed by atoms with E-state index in [2.05, 4.69) is 5.32 Å². The maximum absolute atomic E-state index is 10.4. The molecule has 1 aromatic carbocycles. The van der Waals surface area contributed by atoms with E-state index in [1.165, 1.54) is 12.1 Å². The molecule has 0 atom stereocenters. The van der Waals surface area contributed by atoms with Crippen molar-refractivity contribution in [3.63, 3.8) is 0 Å². The fourth-order valence-electron chi connectivity index (χ4n) is 1.04. The van der Waals surface area contributed by atoms with E-state index >= 15 is 0 Å². The van der Waals surface area contributed by atoms with Crippen molar-refractivity contribution in [2.75, 3.05) is 5.32 Å². The molecular weight excluding hydrogens is 166 g/mol. The molecule has 0 spiro atoms. The van der Waals surface area contributed by atoms with E-state index in [0.717, 1.165) is 5.69 Å². The first-order chi connectivity index (χ1) is 6.09. The maximum atomic E-state index is 10.4. The average Bonchev–Trinajstić information content (AvgIpc) is 2.04. The molecule has 0 heterocycles. The lowest BCUT2D eigenvalue weighted by molar-refractivity contribution is -0.255. The van der Waals surface area contributed by atoms with Crippen molar-refractivity contribution >= 4 is 11.7 Å². The predicted molar refractivity (Wildman–Crippen MR) is 49.5 cm³/mol. The fraction of sp³-hybridized carbons (Fsp3) is 0.300. The summed E-state index contributed by atoms with van der Waals surface area (Å²) in [6.45, 7) is 4.04. The van der Waals surface area contributed by atoms with Crippen LogP contribution < -0.4 is 10.4 Å². The van der Waals surface area contributed by atoms with Gasteiger partial charge >= 0.3 is 0 Å². The molecule has 0 saturated carbocycles. The minimum absolute atomic E-state index is 0.203. The number of carboxylic acids is 1. The normalized spacial score (nSPS) is 10.1. The standard InChI is InChI=1S/C10H13NO2/c1-7(2)11-9-5-3-8(4-6-9)10(12)13/h3-7,11H,1-2H3,(H,12,13)/p-1. The molecule has 0 amide bonds. The quantitative estimate of drug-likeness (QED) is 0.747. The molecule has 0 saturated heterocycles. The first-order valence-electron chi connectivity index (χ1n) is 4.17. The molecule has 1 N–H and O–H groups in total. The van der Waals surface area contributed by atoms with Crippen molar-refractivity contribution in [1.82, 2.24) is 0 Å². The molecule has 0 unspecified atom stereocenters. The van der Waals surface area contributed by atoms with Gasteiger partial charge in [0.2, 0.25) is 0 Å². The molecule has 70 valence electrons. The molecule has 1 rings (SSSR count). The van der Waals surface area contributed by atoms with E-state index in [0.29, 0.717) is 6.04 Å². The SMILES string of the molecule is CC(C)Nc1ccc(C(=O)[O-])cc1. The lowest BCUT2D eigenvalue weighted by Crippen LogP contribution is -2.22. The van der Waals surface area contributed by atoms with Gasteiger partial charge < -0.3 is 15.2 Å². The number of benzene rings is 1. The van der Waals surface area contributed by atoms with Gasteiger partial charge in [0.15, 0.2) is 0 Å². The van der Waals surface area contributed by atoms with E-state index in [1.54, 1.807) is 12.1 Å². The van der Waals surface area contributed by atoms with E-state index < -0.39 is 5.97 Å². The van der Waals surface area contributed by atoms with E-state index in [4.69, 9.17) is 0 Å². The minimum atomic E-state index is -1.14. The van der Waals surface area contributed by atoms with Crippen LogP contribution in [0.2, 0.25) is 0 Å². The highest BCUT2D eigenvalue weighted by atomic mass is 16.4. The topological polar surface area (TPSA) is 52.2 Å². The molecule has 0 fully saturated rings. The van der Waals surface area contributed by atoms with Crippen LogP contribution in [0, 0.1) is 0 Å². The highest BCUT2D eigenvalue weighted by Gasteiger charge is 1.95. The zero-order valence-corrected chi connectivity index (χ0v) is 7.70.